The van der Waals surface area contributed by atoms with Gasteiger partial charge < -0.3 is 9.74 Å². The Morgan fingerprint density at radius 3 is 2.32 bits per heavy atom. The summed E-state index contributed by atoms with van der Waals surface area (Å²) < 4.78 is 42.7. The summed E-state index contributed by atoms with van der Waals surface area (Å²) in [5.41, 5.74) is -2.35. The summed E-state index contributed by atoms with van der Waals surface area (Å²) in [6.45, 7) is 3.75. The fourth-order valence-electron chi connectivity index (χ4n) is 3.52. The average Bonchev–Trinajstić information content (AvgIpc) is 3.23. The number of alkyl halides is 3. The van der Waals surface area contributed by atoms with Crippen molar-refractivity contribution in [3.05, 3.63) is 61.5 Å². The van der Waals surface area contributed by atoms with E-state index in [-0.39, 0.29) is 42.5 Å². The van der Waals surface area contributed by atoms with Crippen LogP contribution in [0.3, 0.4) is 0 Å². The minimum absolute atomic E-state index is 0.0249. The molecular weight excluding hydrogens is 555 g/mol. The number of carbonyl (C=O) groups excluding carboxylic acids is 1. The zero-order valence-electron chi connectivity index (χ0n) is 18.1. The van der Waals surface area contributed by atoms with E-state index >= 15 is 0 Å². The molecule has 2 aromatic rings. The predicted octanol–water partition coefficient (Wildman–Crippen LogP) is 7.99. The van der Waals surface area contributed by atoms with Crippen molar-refractivity contribution in [1.82, 2.24) is 0 Å². The minimum Gasteiger partial charge on any atom is -0.374 e. The summed E-state index contributed by atoms with van der Waals surface area (Å²) in [5.74, 6) is 0.633. The molecule has 12 heteroatoms. The largest absolute Gasteiger partial charge is 0.435 e. The Labute approximate surface area is 219 Å². The van der Waals surface area contributed by atoms with E-state index in [0.29, 0.717) is 11.3 Å². The van der Waals surface area contributed by atoms with Crippen molar-refractivity contribution < 1.29 is 22.8 Å². The van der Waals surface area contributed by atoms with Crippen molar-refractivity contribution in [2.75, 3.05) is 17.7 Å². The number of carbonyl (C=O) groups is 1. The Bertz CT molecular complexity index is 1120. The summed E-state index contributed by atoms with van der Waals surface area (Å²) in [6.07, 6.45) is -5.48. The second-order valence-corrected chi connectivity index (χ2v) is 10.8. The molecule has 34 heavy (non-hydrogen) atoms. The van der Waals surface area contributed by atoms with Crippen LogP contribution in [0.15, 0.2) is 35.5 Å². The van der Waals surface area contributed by atoms with Gasteiger partial charge in [0.15, 0.2) is 0 Å². The lowest BCUT2D eigenvalue weighted by atomic mass is 9.86. The van der Waals surface area contributed by atoms with Crippen LogP contribution in [0.2, 0.25) is 20.1 Å². The first kappa shape index (κ1) is 27.3. The van der Waals surface area contributed by atoms with Crippen LogP contribution in [-0.4, -0.2) is 35.8 Å². The summed E-state index contributed by atoms with van der Waals surface area (Å²) in [4.78, 5) is 19.0. The maximum absolute atomic E-state index is 14.2. The van der Waals surface area contributed by atoms with Gasteiger partial charge in [0.25, 0.3) is 5.60 Å². The molecule has 0 aromatic heterocycles. The molecular formula is C22H19Cl4F3N2O2S. The molecule has 184 valence electrons. The molecule has 0 fully saturated rings. The van der Waals surface area contributed by atoms with E-state index in [2.05, 4.69) is 5.16 Å². The zero-order valence-corrected chi connectivity index (χ0v) is 22.0. The first-order valence-electron chi connectivity index (χ1n) is 9.98. The number of nitrogens with zero attached hydrogens (tertiary/aromatic N) is 2. The molecule has 1 amide bonds. The van der Waals surface area contributed by atoms with Crippen molar-refractivity contribution in [1.29, 1.82) is 0 Å². The number of hydrogen-bond donors (Lipinski definition) is 0. The third-order valence-corrected chi connectivity index (χ3v) is 7.91. The van der Waals surface area contributed by atoms with Gasteiger partial charge in [0.05, 0.1) is 36.7 Å². The monoisotopic (exact) mass is 572 g/mol. The Kier molecular flexibility index (Phi) is 8.30. The van der Waals surface area contributed by atoms with Crippen LogP contribution in [0.1, 0.15) is 31.4 Å². The number of halogens is 7. The van der Waals surface area contributed by atoms with E-state index in [1.807, 2.05) is 6.92 Å². The third kappa shape index (κ3) is 5.12. The smallest absolute Gasteiger partial charge is 0.374 e. The third-order valence-electron chi connectivity index (χ3n) is 5.37. The maximum Gasteiger partial charge on any atom is 0.435 e. The normalized spacial score (nSPS) is 18.9. The summed E-state index contributed by atoms with van der Waals surface area (Å²) >= 11 is 25.7. The van der Waals surface area contributed by atoms with E-state index in [9.17, 15) is 18.0 Å². The molecule has 0 spiro atoms. The summed E-state index contributed by atoms with van der Waals surface area (Å²) in [5, 5.41) is 3.30. The van der Waals surface area contributed by atoms with E-state index in [4.69, 9.17) is 51.2 Å². The van der Waals surface area contributed by atoms with Gasteiger partial charge in [-0.2, -0.15) is 13.2 Å². The zero-order chi connectivity index (χ0) is 25.4. The predicted molar refractivity (Wildman–Crippen MR) is 134 cm³/mol. The number of hydrogen-bond acceptors (Lipinski definition) is 4. The van der Waals surface area contributed by atoms with Crippen molar-refractivity contribution in [2.45, 2.75) is 37.3 Å². The molecule has 0 saturated heterocycles. The fourth-order valence-corrected chi connectivity index (χ4v) is 5.22. The maximum atomic E-state index is 14.2. The molecule has 0 bridgehead atoms. The lowest BCUT2D eigenvalue weighted by Crippen LogP contribution is -2.42. The van der Waals surface area contributed by atoms with Crippen LogP contribution in [0.4, 0.5) is 18.9 Å². The topological polar surface area (TPSA) is 41.9 Å². The number of oxime groups is 1. The first-order valence-corrected chi connectivity index (χ1v) is 12.5. The Balaban J connectivity index is 1.92. The van der Waals surface area contributed by atoms with Crippen LogP contribution in [0.25, 0.3) is 0 Å². The standard InChI is InChI=1S/C22H19Cl4F3N2O2S/c1-4-34-11(2)20(32)31(3)18-6-5-12(7-14(18)23)17-10-21(33-30-17,22(27,28)29)13-8-15(24)19(26)16(25)9-13/h5-9,11H,4,10H2,1-3H3. The first-order chi connectivity index (χ1) is 15.8. The molecule has 2 aromatic carbocycles. The number of benzene rings is 2. The number of amides is 1. The van der Waals surface area contributed by atoms with Crippen LogP contribution in [-0.2, 0) is 15.2 Å². The number of rotatable bonds is 6. The second kappa shape index (κ2) is 10.3. The second-order valence-electron chi connectivity index (χ2n) is 7.55. The van der Waals surface area contributed by atoms with Crippen LogP contribution >= 0.6 is 58.2 Å². The van der Waals surface area contributed by atoms with Gasteiger partial charge in [0.1, 0.15) is 0 Å². The van der Waals surface area contributed by atoms with E-state index in [1.54, 1.807) is 26.1 Å². The van der Waals surface area contributed by atoms with Crippen LogP contribution in [0.5, 0.6) is 0 Å². The molecule has 4 nitrogen and oxygen atoms in total. The van der Waals surface area contributed by atoms with Gasteiger partial charge in [-0.25, -0.2) is 0 Å². The molecule has 0 N–H and O–H groups in total. The van der Waals surface area contributed by atoms with Gasteiger partial charge in [-0.1, -0.05) is 64.5 Å². The SMILES string of the molecule is CCSC(C)C(=O)N(C)c1ccc(C2=NOC(c3cc(Cl)c(Cl)c(Cl)c3)(C(F)(F)F)C2)cc1Cl. The van der Waals surface area contributed by atoms with Gasteiger partial charge in [0.2, 0.25) is 5.91 Å². The summed E-state index contributed by atoms with van der Waals surface area (Å²) in [6, 6.07) is 6.68. The van der Waals surface area contributed by atoms with E-state index in [0.717, 1.165) is 17.9 Å². The van der Waals surface area contributed by atoms with Crippen molar-refractivity contribution >= 4 is 75.5 Å². The average molecular weight is 574 g/mol. The molecule has 1 aliphatic heterocycles. The van der Waals surface area contributed by atoms with Gasteiger partial charge in [-0.3, -0.25) is 4.79 Å². The Morgan fingerprint density at radius 2 is 1.79 bits per heavy atom. The highest BCUT2D eigenvalue weighted by Gasteiger charge is 2.62. The van der Waals surface area contributed by atoms with E-state index < -0.39 is 18.2 Å². The van der Waals surface area contributed by atoms with Gasteiger partial charge in [-0.15, -0.1) is 11.8 Å². The highest BCUT2D eigenvalue weighted by Crippen LogP contribution is 2.50. The van der Waals surface area contributed by atoms with Crippen molar-refractivity contribution in [3.8, 4) is 0 Å². The van der Waals surface area contributed by atoms with Gasteiger partial charge >= 0.3 is 6.18 Å². The molecule has 2 unspecified atom stereocenters. The molecule has 0 radical (unpaired) electrons. The van der Waals surface area contributed by atoms with Crippen molar-refractivity contribution in [3.63, 3.8) is 0 Å². The number of thioether (sulfide) groups is 1. The molecule has 0 saturated carbocycles. The van der Waals surface area contributed by atoms with Gasteiger partial charge in [-0.05, 0) is 36.9 Å². The Morgan fingerprint density at radius 1 is 1.18 bits per heavy atom. The van der Waals surface area contributed by atoms with Crippen molar-refractivity contribution in [2.24, 2.45) is 5.16 Å². The highest BCUT2D eigenvalue weighted by molar-refractivity contribution is 8.00. The lowest BCUT2D eigenvalue weighted by molar-refractivity contribution is -0.275. The molecule has 1 aliphatic rings. The van der Waals surface area contributed by atoms with E-state index in [1.165, 1.54) is 22.7 Å². The quantitative estimate of drug-likeness (QED) is 0.329. The Hall–Kier alpha value is -1.32. The van der Waals surface area contributed by atoms with Crippen LogP contribution in [0, 0.1) is 0 Å². The fraction of sp³-hybridized carbons (Fsp3) is 0.364. The van der Waals surface area contributed by atoms with Gasteiger partial charge in [0, 0.05) is 24.6 Å². The minimum atomic E-state index is -4.85. The number of anilines is 1. The summed E-state index contributed by atoms with van der Waals surface area (Å²) in [7, 11) is 1.59. The molecule has 2 atom stereocenters. The highest BCUT2D eigenvalue weighted by atomic mass is 35.5. The molecule has 0 aliphatic carbocycles. The van der Waals surface area contributed by atoms with Crippen LogP contribution < -0.4 is 4.90 Å². The molecule has 3 rings (SSSR count). The lowest BCUT2D eigenvalue weighted by Gasteiger charge is -2.30. The molecule has 1 heterocycles.